The third kappa shape index (κ3) is 4.46. The fourth-order valence-corrected chi connectivity index (χ4v) is 2.10. The molecule has 0 heterocycles. The maximum absolute atomic E-state index is 11.0. The van der Waals surface area contributed by atoms with Crippen molar-refractivity contribution in [1.29, 1.82) is 0 Å². The largest absolute Gasteiger partial charge is 0.495 e. The van der Waals surface area contributed by atoms with Crippen molar-refractivity contribution in [2.75, 3.05) is 23.1 Å². The molecule has 0 aliphatic carbocycles. The van der Waals surface area contributed by atoms with E-state index < -0.39 is 0 Å². The summed E-state index contributed by atoms with van der Waals surface area (Å²) in [6, 6.07) is 14.8. The highest BCUT2D eigenvalue weighted by atomic mass is 32.1. The summed E-state index contributed by atoms with van der Waals surface area (Å²) in [6.45, 7) is 1.47. The highest BCUT2D eigenvalue weighted by molar-refractivity contribution is 7.80. The second-order valence-corrected chi connectivity index (χ2v) is 4.95. The van der Waals surface area contributed by atoms with Crippen LogP contribution in [0.1, 0.15) is 6.92 Å². The van der Waals surface area contributed by atoms with Gasteiger partial charge in [-0.15, -0.1) is 0 Å². The van der Waals surface area contributed by atoms with Crippen LogP contribution in [0.3, 0.4) is 0 Å². The van der Waals surface area contributed by atoms with Crippen molar-refractivity contribution >= 4 is 40.3 Å². The lowest BCUT2D eigenvalue weighted by Crippen LogP contribution is -2.19. The Kier molecular flexibility index (Phi) is 5.32. The van der Waals surface area contributed by atoms with Crippen LogP contribution in [0.2, 0.25) is 0 Å². The first-order chi connectivity index (χ1) is 10.6. The molecule has 5 nitrogen and oxygen atoms in total. The third-order valence-corrected chi connectivity index (χ3v) is 3.02. The Balaban J connectivity index is 1.98. The van der Waals surface area contributed by atoms with Crippen molar-refractivity contribution < 1.29 is 9.53 Å². The van der Waals surface area contributed by atoms with Gasteiger partial charge in [0.05, 0.1) is 12.8 Å². The molecule has 2 aromatic rings. The van der Waals surface area contributed by atoms with Gasteiger partial charge in [0.25, 0.3) is 0 Å². The Hall–Kier alpha value is -2.60. The molecule has 0 aromatic heterocycles. The first-order valence-electron chi connectivity index (χ1n) is 6.67. The molecule has 2 rings (SSSR count). The monoisotopic (exact) mass is 315 g/mol. The minimum atomic E-state index is -0.103. The molecule has 0 atom stereocenters. The Morgan fingerprint density at radius 2 is 1.55 bits per heavy atom. The molecular weight excluding hydrogens is 298 g/mol. The molecule has 6 heteroatoms. The average molecular weight is 315 g/mol. The summed E-state index contributed by atoms with van der Waals surface area (Å²) < 4.78 is 5.26. The average Bonchev–Trinajstić information content (AvgIpc) is 2.49. The lowest BCUT2D eigenvalue weighted by atomic mass is 10.2. The molecule has 3 N–H and O–H groups in total. The third-order valence-electron chi connectivity index (χ3n) is 2.82. The van der Waals surface area contributed by atoms with E-state index in [1.807, 2.05) is 36.4 Å². The summed E-state index contributed by atoms with van der Waals surface area (Å²) in [5.74, 6) is 0.613. The van der Waals surface area contributed by atoms with Gasteiger partial charge in [-0.3, -0.25) is 4.79 Å². The first-order valence-corrected chi connectivity index (χ1v) is 7.08. The molecule has 0 saturated carbocycles. The van der Waals surface area contributed by atoms with Gasteiger partial charge in [-0.1, -0.05) is 12.1 Å². The molecule has 0 aliphatic heterocycles. The molecule has 0 bridgehead atoms. The highest BCUT2D eigenvalue weighted by Crippen LogP contribution is 2.23. The van der Waals surface area contributed by atoms with Crippen molar-refractivity contribution in [2.45, 2.75) is 6.92 Å². The fourth-order valence-electron chi connectivity index (χ4n) is 1.87. The van der Waals surface area contributed by atoms with Crippen LogP contribution in [0.25, 0.3) is 0 Å². The van der Waals surface area contributed by atoms with Crippen LogP contribution in [0.4, 0.5) is 17.1 Å². The van der Waals surface area contributed by atoms with Gasteiger partial charge in [0, 0.05) is 18.3 Å². The van der Waals surface area contributed by atoms with Gasteiger partial charge in [0.1, 0.15) is 5.75 Å². The number of nitrogens with one attached hydrogen (secondary N) is 3. The van der Waals surface area contributed by atoms with Gasteiger partial charge in [0.15, 0.2) is 5.11 Å². The van der Waals surface area contributed by atoms with E-state index in [-0.39, 0.29) is 5.91 Å². The summed E-state index contributed by atoms with van der Waals surface area (Å²) in [5, 5.41) is 9.32. The number of thiocarbonyl (C=S) groups is 1. The standard InChI is InChI=1S/C16H17N3O2S/c1-11(20)17-12-7-9-13(10-8-12)18-16(22)19-14-5-3-4-6-15(14)21-2/h3-10H,1-2H3,(H,17,20)(H2,18,19,22). The maximum Gasteiger partial charge on any atom is 0.221 e. The van der Waals surface area contributed by atoms with Gasteiger partial charge in [0.2, 0.25) is 5.91 Å². The zero-order valence-corrected chi connectivity index (χ0v) is 13.2. The van der Waals surface area contributed by atoms with Gasteiger partial charge in [-0.25, -0.2) is 0 Å². The van der Waals surface area contributed by atoms with Gasteiger partial charge in [-0.05, 0) is 48.6 Å². The Bertz CT molecular complexity index is 671. The van der Waals surface area contributed by atoms with Crippen LogP contribution in [-0.2, 0) is 4.79 Å². The van der Waals surface area contributed by atoms with E-state index in [2.05, 4.69) is 16.0 Å². The zero-order valence-electron chi connectivity index (χ0n) is 12.3. The molecule has 0 radical (unpaired) electrons. The Labute approximate surface area is 134 Å². The number of rotatable bonds is 4. The predicted molar refractivity (Wildman–Crippen MR) is 93.6 cm³/mol. The van der Waals surface area contributed by atoms with Crippen molar-refractivity contribution in [1.82, 2.24) is 0 Å². The minimum absolute atomic E-state index is 0.103. The SMILES string of the molecule is COc1ccccc1NC(=S)Nc1ccc(NC(C)=O)cc1. The molecule has 0 unspecified atom stereocenters. The number of carbonyl (C=O) groups is 1. The van der Waals surface area contributed by atoms with Gasteiger partial charge < -0.3 is 20.7 Å². The molecule has 2 aromatic carbocycles. The van der Waals surface area contributed by atoms with E-state index in [9.17, 15) is 4.79 Å². The summed E-state index contributed by atoms with van der Waals surface area (Å²) in [4.78, 5) is 11.0. The van der Waals surface area contributed by atoms with E-state index in [1.165, 1.54) is 6.92 Å². The number of benzene rings is 2. The maximum atomic E-state index is 11.0. The van der Waals surface area contributed by atoms with Gasteiger partial charge >= 0.3 is 0 Å². The van der Waals surface area contributed by atoms with E-state index in [1.54, 1.807) is 19.2 Å². The van der Waals surface area contributed by atoms with Crippen LogP contribution in [0.5, 0.6) is 5.75 Å². The summed E-state index contributed by atoms with van der Waals surface area (Å²) in [7, 11) is 1.61. The number of anilines is 3. The molecule has 22 heavy (non-hydrogen) atoms. The predicted octanol–water partition coefficient (Wildman–Crippen LogP) is 3.46. The Morgan fingerprint density at radius 1 is 0.955 bits per heavy atom. The first kappa shape index (κ1) is 15.8. The lowest BCUT2D eigenvalue weighted by Gasteiger charge is -2.13. The van der Waals surface area contributed by atoms with Crippen LogP contribution in [0, 0.1) is 0 Å². The van der Waals surface area contributed by atoms with E-state index in [0.29, 0.717) is 10.9 Å². The van der Waals surface area contributed by atoms with Crippen LogP contribution in [0.15, 0.2) is 48.5 Å². The normalized spacial score (nSPS) is 9.73. The van der Waals surface area contributed by atoms with E-state index >= 15 is 0 Å². The number of hydrogen-bond donors (Lipinski definition) is 3. The minimum Gasteiger partial charge on any atom is -0.495 e. The van der Waals surface area contributed by atoms with Gasteiger partial charge in [-0.2, -0.15) is 0 Å². The van der Waals surface area contributed by atoms with E-state index in [4.69, 9.17) is 17.0 Å². The number of para-hydroxylation sites is 2. The molecule has 1 amide bonds. The van der Waals surface area contributed by atoms with E-state index in [0.717, 1.165) is 17.1 Å². The number of amides is 1. The topological polar surface area (TPSA) is 62.4 Å². The summed E-state index contributed by atoms with van der Waals surface area (Å²) in [6.07, 6.45) is 0. The molecule has 0 spiro atoms. The lowest BCUT2D eigenvalue weighted by molar-refractivity contribution is -0.114. The number of methoxy groups -OCH3 is 1. The summed E-state index contributed by atoms with van der Waals surface area (Å²) in [5.41, 5.74) is 2.35. The summed E-state index contributed by atoms with van der Waals surface area (Å²) >= 11 is 5.28. The molecule has 0 fully saturated rings. The second kappa shape index (κ2) is 7.42. The molecule has 0 aliphatic rings. The van der Waals surface area contributed by atoms with Crippen molar-refractivity contribution in [2.24, 2.45) is 0 Å². The van der Waals surface area contributed by atoms with Crippen LogP contribution >= 0.6 is 12.2 Å². The van der Waals surface area contributed by atoms with Crippen molar-refractivity contribution in [3.63, 3.8) is 0 Å². The van der Waals surface area contributed by atoms with Crippen LogP contribution < -0.4 is 20.7 Å². The quantitative estimate of drug-likeness (QED) is 0.754. The number of carbonyl (C=O) groups excluding carboxylic acids is 1. The Morgan fingerprint density at radius 3 is 2.14 bits per heavy atom. The fraction of sp³-hybridized carbons (Fsp3) is 0.125. The van der Waals surface area contributed by atoms with Crippen molar-refractivity contribution in [3.8, 4) is 5.75 Å². The highest BCUT2D eigenvalue weighted by Gasteiger charge is 2.04. The molecular formula is C16H17N3O2S. The van der Waals surface area contributed by atoms with Crippen LogP contribution in [-0.4, -0.2) is 18.1 Å². The zero-order chi connectivity index (χ0) is 15.9. The number of ether oxygens (including phenoxy) is 1. The molecule has 114 valence electrons. The second-order valence-electron chi connectivity index (χ2n) is 4.54. The number of hydrogen-bond acceptors (Lipinski definition) is 3. The molecule has 0 saturated heterocycles. The smallest absolute Gasteiger partial charge is 0.221 e. The van der Waals surface area contributed by atoms with Crippen molar-refractivity contribution in [3.05, 3.63) is 48.5 Å².